The van der Waals surface area contributed by atoms with Crippen molar-refractivity contribution in [3.05, 3.63) is 22.8 Å². The van der Waals surface area contributed by atoms with Crippen molar-refractivity contribution >= 4 is 29.3 Å². The molecule has 1 atom stereocenters. The molecule has 0 saturated heterocycles. The number of rotatable bonds is 5. The monoisotopic (exact) mass is 259 g/mol. The van der Waals surface area contributed by atoms with Gasteiger partial charge in [0, 0.05) is 5.75 Å². The molecule has 0 aliphatic rings. The molecule has 16 heavy (non-hydrogen) atoms. The minimum atomic E-state index is -0.962. The summed E-state index contributed by atoms with van der Waals surface area (Å²) >= 11 is 7.20. The number of nitrogens with zero attached hydrogens (tertiary/aromatic N) is 1. The molecular weight excluding hydrogens is 246 g/mol. The Balaban J connectivity index is 2.84. The first-order valence-corrected chi connectivity index (χ1v) is 6.43. The van der Waals surface area contributed by atoms with Gasteiger partial charge in [-0.1, -0.05) is 31.9 Å². The Morgan fingerprint density at radius 1 is 1.62 bits per heavy atom. The Hall–Kier alpha value is -0.740. The van der Waals surface area contributed by atoms with Crippen LogP contribution in [0.15, 0.2) is 17.2 Å². The molecule has 1 heterocycles. The van der Waals surface area contributed by atoms with Crippen LogP contribution < -0.4 is 0 Å². The highest BCUT2D eigenvalue weighted by molar-refractivity contribution is 7.99. The fourth-order valence-corrected chi connectivity index (χ4v) is 2.38. The summed E-state index contributed by atoms with van der Waals surface area (Å²) in [6.07, 6.45) is 1.07. The van der Waals surface area contributed by atoms with E-state index in [1.54, 1.807) is 0 Å². The van der Waals surface area contributed by atoms with E-state index in [1.807, 2.05) is 0 Å². The molecule has 1 aromatic heterocycles. The summed E-state index contributed by atoms with van der Waals surface area (Å²) in [6, 6.07) is 2.99. The highest BCUT2D eigenvalue weighted by Crippen LogP contribution is 2.25. The third-order valence-electron chi connectivity index (χ3n) is 2.26. The van der Waals surface area contributed by atoms with Crippen LogP contribution in [0.5, 0.6) is 0 Å². The minimum Gasteiger partial charge on any atom is -0.478 e. The Kier molecular flexibility index (Phi) is 5.09. The molecule has 1 N–H and O–H groups in total. The van der Waals surface area contributed by atoms with Gasteiger partial charge in [0.25, 0.3) is 0 Å². The molecule has 0 radical (unpaired) electrons. The van der Waals surface area contributed by atoms with E-state index in [2.05, 4.69) is 18.8 Å². The van der Waals surface area contributed by atoms with Crippen molar-refractivity contribution < 1.29 is 9.90 Å². The molecule has 0 amide bonds. The number of carboxylic acids is 1. The summed E-state index contributed by atoms with van der Waals surface area (Å²) in [5.41, 5.74) is 0.220. The first kappa shape index (κ1) is 13.3. The van der Waals surface area contributed by atoms with Crippen molar-refractivity contribution in [3.63, 3.8) is 0 Å². The van der Waals surface area contributed by atoms with Crippen molar-refractivity contribution in [2.45, 2.75) is 25.3 Å². The van der Waals surface area contributed by atoms with Crippen molar-refractivity contribution in [1.29, 1.82) is 0 Å². The molecule has 0 aliphatic carbocycles. The van der Waals surface area contributed by atoms with Crippen LogP contribution >= 0.6 is 23.4 Å². The van der Waals surface area contributed by atoms with Crippen molar-refractivity contribution in [2.24, 2.45) is 5.92 Å². The largest absolute Gasteiger partial charge is 0.478 e. The minimum absolute atomic E-state index is 0.220. The zero-order chi connectivity index (χ0) is 12.1. The lowest BCUT2D eigenvalue weighted by atomic mass is 10.2. The van der Waals surface area contributed by atoms with Crippen LogP contribution in [0, 0.1) is 5.92 Å². The Bertz CT molecular complexity index is 384. The van der Waals surface area contributed by atoms with Gasteiger partial charge in [0.05, 0.1) is 5.56 Å². The van der Waals surface area contributed by atoms with Crippen molar-refractivity contribution in [3.8, 4) is 0 Å². The second kappa shape index (κ2) is 6.11. The van der Waals surface area contributed by atoms with Crippen LogP contribution in [-0.4, -0.2) is 21.8 Å². The lowest BCUT2D eigenvalue weighted by Gasteiger charge is -2.09. The van der Waals surface area contributed by atoms with E-state index < -0.39 is 5.97 Å². The molecule has 3 nitrogen and oxygen atoms in total. The normalized spacial score (nSPS) is 12.4. The molecule has 88 valence electrons. The lowest BCUT2D eigenvalue weighted by molar-refractivity contribution is 0.0692. The van der Waals surface area contributed by atoms with Crippen LogP contribution in [0.4, 0.5) is 0 Å². The molecule has 0 bridgehead atoms. The molecular formula is C11H14ClNO2S. The zero-order valence-corrected chi connectivity index (χ0v) is 10.8. The van der Waals surface area contributed by atoms with Crippen molar-refractivity contribution in [1.82, 2.24) is 4.98 Å². The summed E-state index contributed by atoms with van der Waals surface area (Å²) in [7, 11) is 0. The summed E-state index contributed by atoms with van der Waals surface area (Å²) in [4.78, 5) is 15.0. The molecule has 0 saturated carbocycles. The number of thioether (sulfide) groups is 1. The van der Waals surface area contributed by atoms with Gasteiger partial charge in [0.1, 0.15) is 10.2 Å². The van der Waals surface area contributed by atoms with Crippen LogP contribution in [-0.2, 0) is 0 Å². The van der Waals surface area contributed by atoms with Crippen molar-refractivity contribution in [2.75, 3.05) is 5.75 Å². The average Bonchev–Trinajstić information content (AvgIpc) is 2.25. The summed E-state index contributed by atoms with van der Waals surface area (Å²) in [6.45, 7) is 4.23. The van der Waals surface area contributed by atoms with Crippen LogP contribution in [0.1, 0.15) is 30.6 Å². The number of aromatic carboxylic acids is 1. The zero-order valence-electron chi connectivity index (χ0n) is 9.24. The lowest BCUT2D eigenvalue weighted by Crippen LogP contribution is -2.03. The van der Waals surface area contributed by atoms with E-state index in [4.69, 9.17) is 16.7 Å². The molecule has 0 spiro atoms. The Labute approximate surface area is 104 Å². The smallest absolute Gasteiger partial charge is 0.338 e. The van der Waals surface area contributed by atoms with E-state index in [0.717, 1.165) is 12.2 Å². The third-order valence-corrected chi connectivity index (χ3v) is 3.79. The van der Waals surface area contributed by atoms with Gasteiger partial charge in [-0.2, -0.15) is 0 Å². The second-order valence-corrected chi connectivity index (χ2v) is 5.01. The molecule has 1 rings (SSSR count). The van der Waals surface area contributed by atoms with Gasteiger partial charge in [-0.25, -0.2) is 9.78 Å². The SMILES string of the molecule is CCC(C)CSc1nc(Cl)ccc1C(=O)O. The van der Waals surface area contributed by atoms with Crippen LogP contribution in [0.25, 0.3) is 0 Å². The predicted molar refractivity (Wildman–Crippen MR) is 66.4 cm³/mol. The maximum atomic E-state index is 11.0. The number of pyridine rings is 1. The molecule has 0 fully saturated rings. The van der Waals surface area contributed by atoms with E-state index in [-0.39, 0.29) is 5.56 Å². The van der Waals surface area contributed by atoms with Gasteiger partial charge in [-0.05, 0) is 18.1 Å². The summed E-state index contributed by atoms with van der Waals surface area (Å²) < 4.78 is 0. The number of halogens is 1. The van der Waals surface area contributed by atoms with Crippen LogP contribution in [0.3, 0.4) is 0 Å². The maximum absolute atomic E-state index is 11.0. The van der Waals surface area contributed by atoms with Crippen LogP contribution in [0.2, 0.25) is 5.15 Å². The molecule has 1 unspecified atom stereocenters. The summed E-state index contributed by atoms with van der Waals surface area (Å²) in [5.74, 6) is 0.424. The van der Waals surface area contributed by atoms with Gasteiger partial charge >= 0.3 is 5.97 Å². The Morgan fingerprint density at radius 3 is 2.88 bits per heavy atom. The molecule has 0 aromatic carbocycles. The predicted octanol–water partition coefficient (Wildman–Crippen LogP) is 3.57. The molecule has 0 aliphatic heterocycles. The highest BCUT2D eigenvalue weighted by Gasteiger charge is 2.13. The first-order chi connectivity index (χ1) is 7.54. The number of hydrogen-bond donors (Lipinski definition) is 1. The summed E-state index contributed by atoms with van der Waals surface area (Å²) in [5, 5.41) is 9.81. The number of aromatic nitrogens is 1. The number of carboxylic acid groups (broad SMARTS) is 1. The van der Waals surface area contributed by atoms with Gasteiger partial charge in [0.15, 0.2) is 0 Å². The van der Waals surface area contributed by atoms with Gasteiger partial charge in [-0.15, -0.1) is 11.8 Å². The van der Waals surface area contributed by atoms with Gasteiger partial charge in [-0.3, -0.25) is 0 Å². The molecule has 1 aromatic rings. The fourth-order valence-electron chi connectivity index (χ4n) is 1.03. The number of hydrogen-bond acceptors (Lipinski definition) is 3. The quantitative estimate of drug-likeness (QED) is 0.649. The van der Waals surface area contributed by atoms with Gasteiger partial charge in [0.2, 0.25) is 0 Å². The standard InChI is InChI=1S/C11H14ClNO2S/c1-3-7(2)6-16-10-8(11(14)15)4-5-9(12)13-10/h4-5,7H,3,6H2,1-2H3,(H,14,15). The van der Waals surface area contributed by atoms with E-state index in [0.29, 0.717) is 16.1 Å². The maximum Gasteiger partial charge on any atom is 0.338 e. The second-order valence-electron chi connectivity index (χ2n) is 3.62. The highest BCUT2D eigenvalue weighted by atomic mass is 35.5. The topological polar surface area (TPSA) is 50.2 Å². The Morgan fingerprint density at radius 2 is 2.31 bits per heavy atom. The van der Waals surface area contributed by atoms with E-state index in [1.165, 1.54) is 23.9 Å². The van der Waals surface area contributed by atoms with E-state index >= 15 is 0 Å². The molecule has 5 heteroatoms. The average molecular weight is 260 g/mol. The number of carbonyl (C=O) groups is 1. The van der Waals surface area contributed by atoms with E-state index in [9.17, 15) is 4.79 Å². The fraction of sp³-hybridized carbons (Fsp3) is 0.455. The third kappa shape index (κ3) is 3.68. The van der Waals surface area contributed by atoms with Gasteiger partial charge < -0.3 is 5.11 Å². The first-order valence-electron chi connectivity index (χ1n) is 5.07.